The third-order valence-corrected chi connectivity index (χ3v) is 7.01. The lowest BCUT2D eigenvalue weighted by Gasteiger charge is -2.48. The summed E-state index contributed by atoms with van der Waals surface area (Å²) in [6.45, 7) is 0.722. The van der Waals surface area contributed by atoms with E-state index in [4.69, 9.17) is 18.9 Å². The topological polar surface area (TPSA) is 85.7 Å². The Balaban J connectivity index is 1.43. The van der Waals surface area contributed by atoms with E-state index < -0.39 is 30.0 Å². The summed E-state index contributed by atoms with van der Waals surface area (Å²) in [6.07, 6.45) is -1.86. The standard InChI is InChI=1S/C26H25N3O4S/c27-29-28-22-24(30-16-18-10-4-1-5-11-18)23-21(32-26(22)34-20-14-8-3-9-15-20)17-31-25(33-23)19-12-6-2-7-13-19/h1-15,21-26H,16-17H2/t21-,22-,23-,24-,25-,26-/m1/s1. The van der Waals surface area contributed by atoms with Crippen molar-refractivity contribution in [1.82, 2.24) is 0 Å². The van der Waals surface area contributed by atoms with Crippen molar-refractivity contribution in [1.29, 1.82) is 0 Å². The van der Waals surface area contributed by atoms with Crippen molar-refractivity contribution in [2.75, 3.05) is 6.61 Å². The molecule has 2 aliphatic heterocycles. The van der Waals surface area contributed by atoms with Gasteiger partial charge in [-0.3, -0.25) is 0 Å². The summed E-state index contributed by atoms with van der Waals surface area (Å²) < 4.78 is 25.2. The van der Waals surface area contributed by atoms with Crippen molar-refractivity contribution in [3.63, 3.8) is 0 Å². The number of benzene rings is 3. The number of fused-ring (bicyclic) bond motifs is 1. The maximum absolute atomic E-state index is 9.40. The van der Waals surface area contributed by atoms with E-state index in [-0.39, 0.29) is 6.10 Å². The zero-order valence-electron chi connectivity index (χ0n) is 18.4. The van der Waals surface area contributed by atoms with Crippen LogP contribution >= 0.6 is 11.8 Å². The Morgan fingerprint density at radius 2 is 1.59 bits per heavy atom. The van der Waals surface area contributed by atoms with Crippen LogP contribution in [0.4, 0.5) is 0 Å². The lowest BCUT2D eigenvalue weighted by atomic mass is 9.97. The summed E-state index contributed by atoms with van der Waals surface area (Å²) >= 11 is 1.51. The maximum Gasteiger partial charge on any atom is 0.184 e. The third kappa shape index (κ3) is 5.28. The summed E-state index contributed by atoms with van der Waals surface area (Å²) in [5.41, 5.74) is 10.9. The zero-order chi connectivity index (χ0) is 23.2. The molecule has 0 amide bonds. The maximum atomic E-state index is 9.40. The second-order valence-electron chi connectivity index (χ2n) is 8.11. The fourth-order valence-electron chi connectivity index (χ4n) is 4.21. The van der Waals surface area contributed by atoms with Gasteiger partial charge in [0.05, 0.1) is 19.3 Å². The Morgan fingerprint density at radius 3 is 2.29 bits per heavy atom. The normalized spacial score (nSPS) is 28.5. The minimum atomic E-state index is -0.588. The van der Waals surface area contributed by atoms with E-state index in [1.165, 1.54) is 11.8 Å². The van der Waals surface area contributed by atoms with Gasteiger partial charge in [0, 0.05) is 15.4 Å². The number of azide groups is 1. The number of thioether (sulfide) groups is 1. The fraction of sp³-hybridized carbons (Fsp3) is 0.308. The van der Waals surface area contributed by atoms with Gasteiger partial charge in [-0.25, -0.2) is 0 Å². The van der Waals surface area contributed by atoms with Crippen molar-refractivity contribution >= 4 is 11.8 Å². The first-order chi connectivity index (χ1) is 16.8. The highest BCUT2D eigenvalue weighted by Crippen LogP contribution is 2.41. The molecule has 2 heterocycles. The van der Waals surface area contributed by atoms with Crippen molar-refractivity contribution in [2.24, 2.45) is 5.11 Å². The van der Waals surface area contributed by atoms with Crippen LogP contribution in [0.5, 0.6) is 0 Å². The van der Waals surface area contributed by atoms with Crippen LogP contribution in [0.15, 0.2) is 101 Å². The molecule has 2 saturated heterocycles. The van der Waals surface area contributed by atoms with Crippen LogP contribution in [0.1, 0.15) is 17.4 Å². The van der Waals surface area contributed by atoms with Crippen molar-refractivity contribution < 1.29 is 18.9 Å². The Bertz CT molecular complexity index is 1100. The lowest BCUT2D eigenvalue weighted by molar-refractivity contribution is -0.311. The van der Waals surface area contributed by atoms with Crippen molar-refractivity contribution in [3.8, 4) is 0 Å². The molecule has 8 heteroatoms. The molecule has 0 spiro atoms. The number of rotatable bonds is 7. The molecule has 6 atom stereocenters. The monoisotopic (exact) mass is 475 g/mol. The summed E-state index contributed by atoms with van der Waals surface area (Å²) in [4.78, 5) is 4.16. The van der Waals surface area contributed by atoms with Crippen molar-refractivity contribution in [3.05, 3.63) is 113 Å². The van der Waals surface area contributed by atoms with Crippen LogP contribution in [0.25, 0.3) is 10.4 Å². The molecule has 3 aromatic carbocycles. The van der Waals surface area contributed by atoms with Gasteiger partial charge in [-0.1, -0.05) is 95.7 Å². The minimum Gasteiger partial charge on any atom is -0.370 e. The number of hydrogen-bond acceptors (Lipinski definition) is 6. The Hall–Kier alpha value is -2.84. The fourth-order valence-corrected chi connectivity index (χ4v) is 5.34. The summed E-state index contributed by atoms with van der Waals surface area (Å²) in [6, 6.07) is 29.0. The first-order valence-electron chi connectivity index (χ1n) is 11.2. The van der Waals surface area contributed by atoms with Gasteiger partial charge in [-0.05, 0) is 23.2 Å². The van der Waals surface area contributed by atoms with E-state index in [0.29, 0.717) is 13.2 Å². The molecular formula is C26H25N3O4S. The average Bonchev–Trinajstić information content (AvgIpc) is 2.90. The van der Waals surface area contributed by atoms with E-state index in [0.717, 1.165) is 16.0 Å². The summed E-state index contributed by atoms with van der Waals surface area (Å²) in [5, 5.41) is 4.13. The zero-order valence-corrected chi connectivity index (χ0v) is 19.2. The molecular weight excluding hydrogens is 450 g/mol. The third-order valence-electron chi connectivity index (χ3n) is 5.84. The van der Waals surface area contributed by atoms with Gasteiger partial charge in [0.1, 0.15) is 23.7 Å². The van der Waals surface area contributed by atoms with Crippen LogP contribution in [0.3, 0.4) is 0 Å². The molecule has 5 rings (SSSR count). The Morgan fingerprint density at radius 1 is 0.912 bits per heavy atom. The predicted octanol–water partition coefficient (Wildman–Crippen LogP) is 5.88. The van der Waals surface area contributed by atoms with Crippen LogP contribution in [-0.2, 0) is 25.6 Å². The molecule has 0 unspecified atom stereocenters. The number of nitrogens with zero attached hydrogens (tertiary/aromatic N) is 3. The van der Waals surface area contributed by atoms with E-state index >= 15 is 0 Å². The molecule has 0 saturated carbocycles. The molecule has 7 nitrogen and oxygen atoms in total. The van der Waals surface area contributed by atoms with Gasteiger partial charge in [-0.2, -0.15) is 0 Å². The van der Waals surface area contributed by atoms with Crippen molar-refractivity contribution in [2.45, 2.75) is 47.6 Å². The molecule has 0 aliphatic carbocycles. The molecule has 174 valence electrons. The number of ether oxygens (including phenoxy) is 4. The van der Waals surface area contributed by atoms with Gasteiger partial charge in [-0.15, -0.1) is 0 Å². The van der Waals surface area contributed by atoms with Crippen LogP contribution in [0, 0.1) is 0 Å². The lowest BCUT2D eigenvalue weighted by Crippen LogP contribution is -2.61. The Labute approximate surface area is 202 Å². The average molecular weight is 476 g/mol. The first kappa shape index (κ1) is 22.9. The van der Waals surface area contributed by atoms with Gasteiger partial charge >= 0.3 is 0 Å². The van der Waals surface area contributed by atoms with Gasteiger partial charge in [0.15, 0.2) is 6.29 Å². The minimum absolute atomic E-state index is 0.351. The van der Waals surface area contributed by atoms with Crippen LogP contribution in [-0.4, -0.2) is 36.4 Å². The van der Waals surface area contributed by atoms with E-state index in [9.17, 15) is 5.53 Å². The predicted molar refractivity (Wildman–Crippen MR) is 129 cm³/mol. The molecule has 0 bridgehead atoms. The Kier molecular flexibility index (Phi) is 7.46. The van der Waals surface area contributed by atoms with Gasteiger partial charge in [0.25, 0.3) is 0 Å². The quantitative estimate of drug-likeness (QED) is 0.242. The smallest absolute Gasteiger partial charge is 0.184 e. The molecule has 0 radical (unpaired) electrons. The van der Waals surface area contributed by atoms with Gasteiger partial charge in [0.2, 0.25) is 0 Å². The SMILES string of the molecule is [N-]=[N+]=N[C@@H]1[C@@H](OCc2ccccc2)[C@@H]2O[C@H](c3ccccc3)OC[C@H]2O[C@@H]1Sc1ccccc1. The van der Waals surface area contributed by atoms with E-state index in [2.05, 4.69) is 10.0 Å². The molecule has 3 aromatic rings. The highest BCUT2D eigenvalue weighted by Gasteiger charge is 2.50. The molecule has 2 aliphatic rings. The molecule has 2 fully saturated rings. The highest BCUT2D eigenvalue weighted by atomic mass is 32.2. The second kappa shape index (κ2) is 11.1. The van der Waals surface area contributed by atoms with E-state index in [1.807, 2.05) is 91.0 Å². The van der Waals surface area contributed by atoms with Crippen LogP contribution in [0.2, 0.25) is 0 Å². The van der Waals surface area contributed by atoms with Crippen LogP contribution < -0.4 is 0 Å². The first-order valence-corrected chi connectivity index (χ1v) is 12.1. The summed E-state index contributed by atoms with van der Waals surface area (Å²) in [5.74, 6) is 0. The summed E-state index contributed by atoms with van der Waals surface area (Å²) in [7, 11) is 0. The highest BCUT2D eigenvalue weighted by molar-refractivity contribution is 7.99. The molecule has 34 heavy (non-hydrogen) atoms. The molecule has 0 N–H and O–H groups in total. The number of hydrogen-bond donors (Lipinski definition) is 0. The largest absolute Gasteiger partial charge is 0.370 e. The molecule has 0 aromatic heterocycles. The van der Waals surface area contributed by atoms with E-state index in [1.54, 1.807) is 0 Å². The second-order valence-corrected chi connectivity index (χ2v) is 9.28. The van der Waals surface area contributed by atoms with Gasteiger partial charge < -0.3 is 18.9 Å².